The average molecular weight is 433 g/mol. The van der Waals surface area contributed by atoms with E-state index in [1.807, 2.05) is 30.3 Å². The smallest absolute Gasteiger partial charge is 0.227 e. The molecular weight excluding hydrogens is 412 g/mol. The van der Waals surface area contributed by atoms with Crippen LogP contribution in [0.1, 0.15) is 6.42 Å². The second-order valence-electron chi connectivity index (χ2n) is 6.83. The van der Waals surface area contributed by atoms with E-state index in [0.717, 1.165) is 16.3 Å². The molecule has 0 saturated carbocycles. The first-order valence-electron chi connectivity index (χ1n) is 9.46. The Morgan fingerprint density at radius 2 is 1.90 bits per heavy atom. The van der Waals surface area contributed by atoms with E-state index < -0.39 is 0 Å². The molecule has 6 nitrogen and oxygen atoms in total. The summed E-state index contributed by atoms with van der Waals surface area (Å²) in [6.07, 6.45) is 0.213. The van der Waals surface area contributed by atoms with Crippen LogP contribution in [0.3, 0.4) is 0 Å². The summed E-state index contributed by atoms with van der Waals surface area (Å²) in [5, 5.41) is 3.64. The molecule has 0 bridgehead atoms. The summed E-state index contributed by atoms with van der Waals surface area (Å²) in [6, 6.07) is 13.0. The molecule has 0 radical (unpaired) electrons. The number of rotatable bonds is 6. The second kappa shape index (κ2) is 8.97. The predicted octanol–water partition coefficient (Wildman–Crippen LogP) is 3.37. The van der Waals surface area contributed by atoms with E-state index in [1.54, 1.807) is 28.8 Å². The van der Waals surface area contributed by atoms with Gasteiger partial charge >= 0.3 is 0 Å². The largest absolute Gasteiger partial charge is 0.486 e. The number of fused-ring (bicyclic) bond motifs is 1. The zero-order valence-electron chi connectivity index (χ0n) is 15.7. The minimum atomic E-state index is -0.351. The van der Waals surface area contributed by atoms with Crippen LogP contribution in [0, 0.1) is 5.92 Å². The minimum Gasteiger partial charge on any atom is -0.486 e. The predicted molar refractivity (Wildman–Crippen MR) is 113 cm³/mol. The van der Waals surface area contributed by atoms with Crippen molar-refractivity contribution in [3.05, 3.63) is 47.5 Å². The van der Waals surface area contributed by atoms with Crippen LogP contribution in [0.4, 0.5) is 5.69 Å². The fraction of sp³-hybridized carbons (Fsp3) is 0.333. The number of nitrogens with one attached hydrogen (secondary N) is 1. The van der Waals surface area contributed by atoms with Crippen molar-refractivity contribution in [2.24, 2.45) is 5.92 Å². The summed E-state index contributed by atoms with van der Waals surface area (Å²) in [4.78, 5) is 27.7. The summed E-state index contributed by atoms with van der Waals surface area (Å²) in [5.41, 5.74) is 0.729. The first kappa shape index (κ1) is 19.9. The van der Waals surface area contributed by atoms with E-state index in [-0.39, 0.29) is 24.2 Å². The van der Waals surface area contributed by atoms with E-state index in [2.05, 4.69) is 5.32 Å². The van der Waals surface area contributed by atoms with Gasteiger partial charge in [-0.15, -0.1) is 11.8 Å². The molecule has 1 saturated heterocycles. The number of anilines is 1. The summed E-state index contributed by atoms with van der Waals surface area (Å²) in [5.74, 6) is 1.57. The second-order valence-corrected chi connectivity index (χ2v) is 8.43. The minimum absolute atomic E-state index is 0.0580. The third-order valence-corrected chi connectivity index (χ3v) is 6.08. The van der Waals surface area contributed by atoms with Crippen molar-refractivity contribution in [2.75, 3.05) is 37.0 Å². The molecule has 2 aliphatic rings. The van der Waals surface area contributed by atoms with Gasteiger partial charge in [-0.25, -0.2) is 0 Å². The molecule has 2 aliphatic heterocycles. The first-order chi connectivity index (χ1) is 14.1. The van der Waals surface area contributed by atoms with Gasteiger partial charge in [0, 0.05) is 46.9 Å². The molecule has 1 atom stereocenters. The molecule has 2 amide bonds. The molecular formula is C21H21ClN2O4S. The van der Waals surface area contributed by atoms with Gasteiger partial charge in [-0.3, -0.25) is 9.59 Å². The van der Waals surface area contributed by atoms with Crippen molar-refractivity contribution in [2.45, 2.75) is 11.3 Å². The maximum absolute atomic E-state index is 12.5. The highest BCUT2D eigenvalue weighted by molar-refractivity contribution is 7.99. The van der Waals surface area contributed by atoms with Gasteiger partial charge in [0.2, 0.25) is 11.8 Å². The van der Waals surface area contributed by atoms with E-state index in [9.17, 15) is 9.59 Å². The third kappa shape index (κ3) is 4.79. The Morgan fingerprint density at radius 1 is 1.14 bits per heavy atom. The van der Waals surface area contributed by atoms with Crippen LogP contribution in [0.2, 0.25) is 5.02 Å². The molecule has 0 aliphatic carbocycles. The van der Waals surface area contributed by atoms with E-state index >= 15 is 0 Å². The molecule has 2 heterocycles. The number of thioether (sulfide) groups is 1. The number of nitrogens with zero attached hydrogens (tertiary/aromatic N) is 1. The zero-order chi connectivity index (χ0) is 20.2. The number of carbonyl (C=O) groups is 2. The molecule has 2 aromatic carbocycles. The average Bonchev–Trinajstić information content (AvgIpc) is 3.14. The lowest BCUT2D eigenvalue weighted by atomic mass is 10.1. The molecule has 8 heteroatoms. The van der Waals surface area contributed by atoms with Gasteiger partial charge in [0.15, 0.2) is 11.5 Å². The lowest BCUT2D eigenvalue weighted by molar-refractivity contribution is -0.126. The van der Waals surface area contributed by atoms with Gasteiger partial charge in [0.25, 0.3) is 0 Å². The van der Waals surface area contributed by atoms with E-state index in [0.29, 0.717) is 42.8 Å². The van der Waals surface area contributed by atoms with Gasteiger partial charge in [-0.1, -0.05) is 11.6 Å². The molecule has 0 unspecified atom stereocenters. The third-order valence-electron chi connectivity index (χ3n) is 4.82. The Bertz CT molecular complexity index is 906. The molecule has 2 aromatic rings. The first-order valence-corrected chi connectivity index (χ1v) is 10.8. The lowest BCUT2D eigenvalue weighted by Gasteiger charge is -2.22. The standard InChI is InChI=1S/C21H21ClN2O4S/c22-15-1-4-17(5-2-15)29-10-7-23-21(26)14-11-20(25)24(13-14)16-3-6-18-19(12-16)28-9-8-27-18/h1-6,12,14H,7-11,13H2,(H,23,26)/t14-/m0/s1. The number of benzene rings is 2. The van der Waals surface area contributed by atoms with Gasteiger partial charge < -0.3 is 19.7 Å². The van der Waals surface area contributed by atoms with Crippen molar-refractivity contribution >= 4 is 40.9 Å². The SMILES string of the molecule is O=C(NCCSc1ccc(Cl)cc1)[C@H]1CC(=O)N(c2ccc3c(c2)OCCO3)C1. The van der Waals surface area contributed by atoms with Crippen LogP contribution in [0.5, 0.6) is 11.5 Å². The van der Waals surface area contributed by atoms with Crippen molar-refractivity contribution in [3.63, 3.8) is 0 Å². The Hall–Kier alpha value is -2.38. The highest BCUT2D eigenvalue weighted by Gasteiger charge is 2.35. The Kier molecular flexibility index (Phi) is 6.16. The van der Waals surface area contributed by atoms with E-state index in [4.69, 9.17) is 21.1 Å². The molecule has 0 aromatic heterocycles. The van der Waals surface area contributed by atoms with Crippen molar-refractivity contribution in [3.8, 4) is 11.5 Å². The summed E-state index contributed by atoms with van der Waals surface area (Å²) >= 11 is 7.53. The Morgan fingerprint density at radius 3 is 2.69 bits per heavy atom. The molecule has 0 spiro atoms. The van der Waals surface area contributed by atoms with Crippen molar-refractivity contribution in [1.29, 1.82) is 0 Å². The zero-order valence-corrected chi connectivity index (χ0v) is 17.3. The van der Waals surface area contributed by atoms with Gasteiger partial charge in [0.1, 0.15) is 13.2 Å². The molecule has 29 heavy (non-hydrogen) atoms. The van der Waals surface area contributed by atoms with E-state index in [1.165, 1.54) is 0 Å². The van der Waals surface area contributed by atoms with Gasteiger partial charge in [-0.2, -0.15) is 0 Å². The van der Waals surface area contributed by atoms with Crippen molar-refractivity contribution < 1.29 is 19.1 Å². The van der Waals surface area contributed by atoms with Crippen LogP contribution < -0.4 is 19.7 Å². The van der Waals surface area contributed by atoms with Crippen LogP contribution in [-0.2, 0) is 9.59 Å². The van der Waals surface area contributed by atoms with Gasteiger partial charge in [0.05, 0.1) is 5.92 Å². The maximum atomic E-state index is 12.5. The number of hydrogen-bond donors (Lipinski definition) is 1. The van der Waals surface area contributed by atoms with Crippen LogP contribution >= 0.6 is 23.4 Å². The quantitative estimate of drug-likeness (QED) is 0.560. The summed E-state index contributed by atoms with van der Waals surface area (Å²) < 4.78 is 11.1. The monoisotopic (exact) mass is 432 g/mol. The summed E-state index contributed by atoms with van der Waals surface area (Å²) in [7, 11) is 0. The van der Waals surface area contributed by atoms with Gasteiger partial charge in [-0.05, 0) is 36.4 Å². The number of hydrogen-bond acceptors (Lipinski definition) is 5. The summed E-state index contributed by atoms with van der Waals surface area (Å²) in [6.45, 7) is 1.92. The number of ether oxygens (including phenoxy) is 2. The number of carbonyl (C=O) groups excluding carboxylic acids is 2. The topological polar surface area (TPSA) is 67.9 Å². The highest BCUT2D eigenvalue weighted by atomic mass is 35.5. The normalized spacial score (nSPS) is 18.0. The Balaban J connectivity index is 1.28. The van der Waals surface area contributed by atoms with Crippen LogP contribution in [-0.4, -0.2) is 43.9 Å². The highest BCUT2D eigenvalue weighted by Crippen LogP contribution is 2.36. The fourth-order valence-corrected chi connectivity index (χ4v) is 4.25. The molecule has 1 N–H and O–H groups in total. The Labute approximate surface area is 178 Å². The lowest BCUT2D eigenvalue weighted by Crippen LogP contribution is -2.34. The molecule has 4 rings (SSSR count). The van der Waals surface area contributed by atoms with Crippen LogP contribution in [0.25, 0.3) is 0 Å². The molecule has 1 fully saturated rings. The number of amides is 2. The molecule has 152 valence electrons. The van der Waals surface area contributed by atoms with Crippen LogP contribution in [0.15, 0.2) is 47.4 Å². The maximum Gasteiger partial charge on any atom is 0.227 e. The number of halogens is 1. The fourth-order valence-electron chi connectivity index (χ4n) is 3.35. The van der Waals surface area contributed by atoms with Crippen molar-refractivity contribution in [1.82, 2.24) is 5.32 Å².